The maximum atomic E-state index is 12.0. The summed E-state index contributed by atoms with van der Waals surface area (Å²) in [6.07, 6.45) is 2.42. The molecule has 0 aliphatic carbocycles. The molecule has 1 aromatic heterocycles. The Balaban J connectivity index is 2.32. The molecule has 5 heteroatoms. The lowest BCUT2D eigenvalue weighted by Gasteiger charge is -2.17. The lowest BCUT2D eigenvalue weighted by atomic mass is 10.1. The Morgan fingerprint density at radius 1 is 1.43 bits per heavy atom. The molecule has 0 saturated carbocycles. The number of nitrogens with one attached hydrogen (secondary N) is 2. The maximum absolute atomic E-state index is 12.0. The van der Waals surface area contributed by atoms with E-state index in [1.165, 1.54) is 6.20 Å². The van der Waals surface area contributed by atoms with Crippen LogP contribution in [0.5, 0.6) is 0 Å². The number of para-hydroxylation sites is 1. The molecule has 1 atom stereocenters. The van der Waals surface area contributed by atoms with Crippen LogP contribution in [0.1, 0.15) is 25.8 Å². The number of aromatic nitrogens is 1. The third kappa shape index (κ3) is 3.29. The molecule has 1 amide bonds. The van der Waals surface area contributed by atoms with Crippen molar-refractivity contribution in [2.45, 2.75) is 26.3 Å². The first-order valence-electron chi connectivity index (χ1n) is 6.99. The molecule has 1 unspecified atom stereocenters. The summed E-state index contributed by atoms with van der Waals surface area (Å²) >= 11 is 0. The van der Waals surface area contributed by atoms with Crippen LogP contribution < -0.4 is 10.6 Å². The number of benzene rings is 1. The van der Waals surface area contributed by atoms with Gasteiger partial charge in [-0.3, -0.25) is 9.78 Å². The second-order valence-corrected chi connectivity index (χ2v) is 4.83. The molecular formula is C16H18N4O. The van der Waals surface area contributed by atoms with Crippen LogP contribution >= 0.6 is 0 Å². The van der Waals surface area contributed by atoms with E-state index in [2.05, 4.69) is 21.7 Å². The number of carbonyl (C=O) groups is 1. The van der Waals surface area contributed by atoms with Crippen molar-refractivity contribution < 1.29 is 4.79 Å². The second-order valence-electron chi connectivity index (χ2n) is 4.83. The van der Waals surface area contributed by atoms with Crippen LogP contribution in [-0.2, 0) is 4.79 Å². The summed E-state index contributed by atoms with van der Waals surface area (Å²) in [6.45, 7) is 4.43. The minimum atomic E-state index is -0.422. The normalized spacial score (nSPS) is 11.7. The number of nitriles is 1. The van der Waals surface area contributed by atoms with Crippen LogP contribution in [-0.4, -0.2) is 23.5 Å². The quantitative estimate of drug-likeness (QED) is 0.883. The van der Waals surface area contributed by atoms with Gasteiger partial charge in [0.25, 0.3) is 0 Å². The molecule has 5 nitrogen and oxygen atoms in total. The zero-order valence-corrected chi connectivity index (χ0v) is 12.2. The molecule has 0 aliphatic rings. The summed E-state index contributed by atoms with van der Waals surface area (Å²) in [5, 5.41) is 16.1. The van der Waals surface area contributed by atoms with E-state index in [9.17, 15) is 10.1 Å². The van der Waals surface area contributed by atoms with Gasteiger partial charge in [-0.2, -0.15) is 5.26 Å². The summed E-state index contributed by atoms with van der Waals surface area (Å²) in [5.41, 5.74) is 1.88. The number of nitrogens with zero attached hydrogens (tertiary/aromatic N) is 2. The van der Waals surface area contributed by atoms with Gasteiger partial charge in [0.1, 0.15) is 12.1 Å². The molecule has 0 aliphatic heterocycles. The molecule has 0 fully saturated rings. The number of carbonyl (C=O) groups excluding carboxylic acids is 1. The van der Waals surface area contributed by atoms with Crippen LogP contribution in [0.15, 0.2) is 30.5 Å². The molecule has 0 saturated heterocycles. The molecule has 2 aromatic rings. The number of hydrogen-bond acceptors (Lipinski definition) is 4. The van der Waals surface area contributed by atoms with Crippen molar-refractivity contribution in [1.29, 1.82) is 5.26 Å². The summed E-state index contributed by atoms with van der Waals surface area (Å²) in [4.78, 5) is 16.2. The van der Waals surface area contributed by atoms with Crippen LogP contribution in [0.25, 0.3) is 10.9 Å². The molecule has 0 radical (unpaired) electrons. The van der Waals surface area contributed by atoms with Gasteiger partial charge in [-0.15, -0.1) is 0 Å². The van der Waals surface area contributed by atoms with Crippen molar-refractivity contribution in [1.82, 2.24) is 10.3 Å². The number of anilines is 1. The number of pyridine rings is 1. The SMILES string of the molecule is CCCNC(=O)C(C)Nc1c(C#N)cnc2ccccc12. The van der Waals surface area contributed by atoms with Gasteiger partial charge in [-0.05, 0) is 19.4 Å². The van der Waals surface area contributed by atoms with E-state index in [4.69, 9.17) is 0 Å². The Kier molecular flexibility index (Phi) is 4.72. The van der Waals surface area contributed by atoms with Crippen molar-refractivity contribution in [2.24, 2.45) is 0 Å². The third-order valence-electron chi connectivity index (χ3n) is 3.20. The van der Waals surface area contributed by atoms with Crippen LogP contribution in [0, 0.1) is 11.3 Å². The molecule has 1 heterocycles. The minimum absolute atomic E-state index is 0.0818. The Morgan fingerprint density at radius 3 is 2.90 bits per heavy atom. The van der Waals surface area contributed by atoms with Gasteiger partial charge in [-0.1, -0.05) is 25.1 Å². The summed E-state index contributed by atoms with van der Waals surface area (Å²) < 4.78 is 0. The van der Waals surface area contributed by atoms with Crippen molar-refractivity contribution in [2.75, 3.05) is 11.9 Å². The van der Waals surface area contributed by atoms with Gasteiger partial charge in [0.2, 0.25) is 5.91 Å². The first kappa shape index (κ1) is 14.8. The standard InChI is InChI=1S/C16H18N4O/c1-3-8-18-16(21)11(2)20-15-12(9-17)10-19-14-7-5-4-6-13(14)15/h4-7,10-11H,3,8H2,1-2H3,(H,18,21)(H,19,20). The Morgan fingerprint density at radius 2 is 2.19 bits per heavy atom. The van der Waals surface area contributed by atoms with Crippen LogP contribution in [0.2, 0.25) is 0 Å². The summed E-state index contributed by atoms with van der Waals surface area (Å²) in [7, 11) is 0. The van der Waals surface area contributed by atoms with E-state index < -0.39 is 6.04 Å². The molecule has 108 valence electrons. The van der Waals surface area contributed by atoms with E-state index in [1.54, 1.807) is 6.92 Å². The highest BCUT2D eigenvalue weighted by molar-refractivity contribution is 5.96. The first-order valence-corrected chi connectivity index (χ1v) is 6.99. The minimum Gasteiger partial charge on any atom is -0.372 e. The molecule has 1 aromatic carbocycles. The molecule has 0 bridgehead atoms. The van der Waals surface area contributed by atoms with Crippen molar-refractivity contribution in [3.63, 3.8) is 0 Å². The van der Waals surface area contributed by atoms with Gasteiger partial charge < -0.3 is 10.6 Å². The Hall–Kier alpha value is -2.61. The van der Waals surface area contributed by atoms with E-state index >= 15 is 0 Å². The third-order valence-corrected chi connectivity index (χ3v) is 3.20. The highest BCUT2D eigenvalue weighted by Crippen LogP contribution is 2.25. The summed E-state index contributed by atoms with van der Waals surface area (Å²) in [6, 6.07) is 9.24. The Bertz CT molecular complexity index is 690. The van der Waals surface area contributed by atoms with Crippen molar-refractivity contribution >= 4 is 22.5 Å². The Labute approximate surface area is 124 Å². The maximum Gasteiger partial charge on any atom is 0.242 e. The molecule has 2 rings (SSSR count). The monoisotopic (exact) mass is 282 g/mol. The van der Waals surface area contributed by atoms with Gasteiger partial charge in [-0.25, -0.2) is 0 Å². The molecule has 2 N–H and O–H groups in total. The van der Waals surface area contributed by atoms with Crippen LogP contribution in [0.3, 0.4) is 0 Å². The van der Waals surface area contributed by atoms with Gasteiger partial charge >= 0.3 is 0 Å². The lowest BCUT2D eigenvalue weighted by Crippen LogP contribution is -2.38. The smallest absolute Gasteiger partial charge is 0.242 e. The van der Waals surface area contributed by atoms with E-state index in [0.29, 0.717) is 17.8 Å². The number of amides is 1. The lowest BCUT2D eigenvalue weighted by molar-refractivity contribution is -0.121. The van der Waals surface area contributed by atoms with E-state index in [0.717, 1.165) is 17.3 Å². The van der Waals surface area contributed by atoms with Gasteiger partial charge in [0.15, 0.2) is 0 Å². The van der Waals surface area contributed by atoms with E-state index in [-0.39, 0.29) is 5.91 Å². The van der Waals surface area contributed by atoms with Crippen molar-refractivity contribution in [3.05, 3.63) is 36.0 Å². The fraction of sp³-hybridized carbons (Fsp3) is 0.312. The predicted octanol–water partition coefficient (Wildman–Crippen LogP) is 2.43. The molecule has 0 spiro atoms. The van der Waals surface area contributed by atoms with E-state index in [1.807, 2.05) is 31.2 Å². The average Bonchev–Trinajstić information content (AvgIpc) is 2.52. The highest BCUT2D eigenvalue weighted by Gasteiger charge is 2.16. The van der Waals surface area contributed by atoms with Crippen LogP contribution in [0.4, 0.5) is 5.69 Å². The number of hydrogen-bond donors (Lipinski definition) is 2. The van der Waals surface area contributed by atoms with Crippen molar-refractivity contribution in [3.8, 4) is 6.07 Å². The number of rotatable bonds is 5. The second kappa shape index (κ2) is 6.71. The fourth-order valence-corrected chi connectivity index (χ4v) is 2.06. The number of fused-ring (bicyclic) bond motifs is 1. The summed E-state index contributed by atoms with van der Waals surface area (Å²) in [5.74, 6) is -0.0818. The van der Waals surface area contributed by atoms with Gasteiger partial charge in [0.05, 0.1) is 16.8 Å². The molecule has 21 heavy (non-hydrogen) atoms. The average molecular weight is 282 g/mol. The molecular weight excluding hydrogens is 264 g/mol. The highest BCUT2D eigenvalue weighted by atomic mass is 16.2. The first-order chi connectivity index (χ1) is 10.2. The topological polar surface area (TPSA) is 77.8 Å². The zero-order chi connectivity index (χ0) is 15.2. The largest absolute Gasteiger partial charge is 0.372 e. The predicted molar refractivity (Wildman–Crippen MR) is 82.8 cm³/mol. The zero-order valence-electron chi connectivity index (χ0n) is 12.2. The van der Waals surface area contributed by atoms with Gasteiger partial charge in [0, 0.05) is 18.1 Å². The fourth-order valence-electron chi connectivity index (χ4n) is 2.06.